The first kappa shape index (κ1) is 20.6. The average Bonchev–Trinajstić information content (AvgIpc) is 3.10. The van der Waals surface area contributed by atoms with Gasteiger partial charge in [-0.15, -0.1) is 0 Å². The molecule has 0 unspecified atom stereocenters. The molecular formula is C18H19F3N6O2S. The Bertz CT molecular complexity index is 1190. The number of fused-ring (bicyclic) bond motifs is 1. The summed E-state index contributed by atoms with van der Waals surface area (Å²) in [5, 5.41) is 12.0. The number of nitrogens with one attached hydrogen (secondary N) is 2. The van der Waals surface area contributed by atoms with Crippen LogP contribution in [0.3, 0.4) is 0 Å². The van der Waals surface area contributed by atoms with Crippen LogP contribution < -0.4 is 15.8 Å². The van der Waals surface area contributed by atoms with Gasteiger partial charge in [-0.25, -0.2) is 18.5 Å². The van der Waals surface area contributed by atoms with Crippen molar-refractivity contribution in [3.05, 3.63) is 42.2 Å². The summed E-state index contributed by atoms with van der Waals surface area (Å²) in [6.45, 7) is 1.54. The van der Waals surface area contributed by atoms with E-state index < -0.39 is 27.6 Å². The molecule has 1 aromatic carbocycles. The zero-order valence-electron chi connectivity index (χ0n) is 15.6. The molecule has 160 valence electrons. The molecule has 0 aliphatic carbocycles. The van der Waals surface area contributed by atoms with Crippen molar-refractivity contribution in [2.45, 2.75) is 30.0 Å². The van der Waals surface area contributed by atoms with Gasteiger partial charge in [0.2, 0.25) is 16.0 Å². The Kier molecular flexibility index (Phi) is 5.16. The fourth-order valence-electron chi connectivity index (χ4n) is 3.45. The molecule has 1 aliphatic rings. The number of benzene rings is 1. The Morgan fingerprint density at radius 3 is 2.73 bits per heavy atom. The van der Waals surface area contributed by atoms with Crippen LogP contribution in [-0.2, 0) is 16.2 Å². The quantitative estimate of drug-likeness (QED) is 0.573. The average molecular weight is 440 g/mol. The smallest absolute Gasteiger partial charge is 0.350 e. The number of halogens is 3. The van der Waals surface area contributed by atoms with Gasteiger partial charge in [0, 0.05) is 30.4 Å². The molecule has 0 amide bonds. The maximum Gasteiger partial charge on any atom is 0.421 e. The zero-order valence-corrected chi connectivity index (χ0v) is 16.5. The molecule has 1 atom stereocenters. The number of hydrogen-bond acceptors (Lipinski definition) is 6. The monoisotopic (exact) mass is 440 g/mol. The van der Waals surface area contributed by atoms with E-state index in [2.05, 4.69) is 20.6 Å². The van der Waals surface area contributed by atoms with Crippen LogP contribution in [0.1, 0.15) is 18.4 Å². The third-order valence-electron chi connectivity index (χ3n) is 4.93. The SMILES string of the molecule is NS(=O)(=O)c1ccc2ccn(-c3nc(N[C@H]4CCCNC4)ncc3C(F)(F)F)c2c1. The van der Waals surface area contributed by atoms with E-state index in [4.69, 9.17) is 5.14 Å². The molecule has 4 N–H and O–H groups in total. The summed E-state index contributed by atoms with van der Waals surface area (Å²) in [5.74, 6) is -0.332. The summed E-state index contributed by atoms with van der Waals surface area (Å²) < 4.78 is 65.6. The highest BCUT2D eigenvalue weighted by Gasteiger charge is 2.36. The van der Waals surface area contributed by atoms with E-state index in [1.54, 1.807) is 6.07 Å². The first-order valence-corrected chi connectivity index (χ1v) is 10.7. The lowest BCUT2D eigenvalue weighted by atomic mass is 10.1. The van der Waals surface area contributed by atoms with Gasteiger partial charge < -0.3 is 15.2 Å². The first-order valence-electron chi connectivity index (χ1n) is 9.19. The molecule has 2 aromatic heterocycles. The van der Waals surface area contributed by atoms with Crippen LogP contribution in [-0.4, -0.2) is 42.1 Å². The third kappa shape index (κ3) is 4.11. The molecule has 30 heavy (non-hydrogen) atoms. The lowest BCUT2D eigenvalue weighted by molar-refractivity contribution is -0.137. The van der Waals surface area contributed by atoms with Crippen molar-refractivity contribution in [3.8, 4) is 5.82 Å². The molecule has 0 radical (unpaired) electrons. The lowest BCUT2D eigenvalue weighted by Crippen LogP contribution is -2.38. The molecule has 0 bridgehead atoms. The van der Waals surface area contributed by atoms with Gasteiger partial charge in [0.1, 0.15) is 5.56 Å². The van der Waals surface area contributed by atoms with Crippen LogP contribution in [0.15, 0.2) is 41.6 Å². The van der Waals surface area contributed by atoms with Crippen LogP contribution >= 0.6 is 0 Å². The number of sulfonamides is 1. The van der Waals surface area contributed by atoms with Gasteiger partial charge >= 0.3 is 6.18 Å². The Balaban J connectivity index is 1.84. The molecule has 1 aliphatic heterocycles. The fraction of sp³-hybridized carbons (Fsp3) is 0.333. The van der Waals surface area contributed by atoms with Crippen LogP contribution in [0.5, 0.6) is 0 Å². The van der Waals surface area contributed by atoms with Gasteiger partial charge in [-0.2, -0.15) is 18.2 Å². The van der Waals surface area contributed by atoms with Crippen molar-refractivity contribution in [2.24, 2.45) is 5.14 Å². The number of primary sulfonamides is 1. The Morgan fingerprint density at radius 1 is 1.27 bits per heavy atom. The zero-order chi connectivity index (χ0) is 21.5. The summed E-state index contributed by atoms with van der Waals surface area (Å²) in [6, 6.07) is 5.58. The Labute approximate surface area is 170 Å². The number of nitrogens with zero attached hydrogens (tertiary/aromatic N) is 3. The summed E-state index contributed by atoms with van der Waals surface area (Å²) in [7, 11) is -4.02. The van der Waals surface area contributed by atoms with Gasteiger partial charge in [-0.05, 0) is 37.6 Å². The molecule has 12 heteroatoms. The maximum absolute atomic E-state index is 13.7. The molecule has 1 saturated heterocycles. The van der Waals surface area contributed by atoms with E-state index >= 15 is 0 Å². The number of aromatic nitrogens is 3. The summed E-state index contributed by atoms with van der Waals surface area (Å²) in [4.78, 5) is 7.77. The minimum Gasteiger partial charge on any atom is -0.350 e. The molecule has 0 saturated carbocycles. The lowest BCUT2D eigenvalue weighted by Gasteiger charge is -2.24. The second kappa shape index (κ2) is 7.52. The van der Waals surface area contributed by atoms with Gasteiger partial charge in [0.05, 0.1) is 10.4 Å². The summed E-state index contributed by atoms with van der Waals surface area (Å²) in [6.07, 6.45) is -0.785. The van der Waals surface area contributed by atoms with Gasteiger partial charge in [0.25, 0.3) is 0 Å². The van der Waals surface area contributed by atoms with Gasteiger partial charge in [0.15, 0.2) is 5.82 Å². The highest BCUT2D eigenvalue weighted by atomic mass is 32.2. The second-order valence-corrected chi connectivity index (χ2v) is 8.63. The minimum atomic E-state index is -4.70. The van der Waals surface area contributed by atoms with Crippen molar-refractivity contribution < 1.29 is 21.6 Å². The molecule has 4 rings (SSSR count). The van der Waals surface area contributed by atoms with Crippen molar-refractivity contribution in [2.75, 3.05) is 18.4 Å². The summed E-state index contributed by atoms with van der Waals surface area (Å²) in [5.41, 5.74) is -0.802. The third-order valence-corrected chi connectivity index (χ3v) is 5.84. The molecule has 1 fully saturated rings. The molecule has 0 spiro atoms. The number of rotatable bonds is 4. The highest BCUT2D eigenvalue weighted by molar-refractivity contribution is 7.89. The summed E-state index contributed by atoms with van der Waals surface area (Å²) >= 11 is 0. The predicted molar refractivity (Wildman–Crippen MR) is 105 cm³/mol. The predicted octanol–water partition coefficient (Wildman–Crippen LogP) is 2.25. The number of piperidine rings is 1. The molecular weight excluding hydrogens is 421 g/mol. The highest BCUT2D eigenvalue weighted by Crippen LogP contribution is 2.35. The van der Waals surface area contributed by atoms with E-state index in [0.717, 1.165) is 25.6 Å². The topological polar surface area (TPSA) is 115 Å². The van der Waals surface area contributed by atoms with Crippen LogP contribution in [0, 0.1) is 0 Å². The fourth-order valence-corrected chi connectivity index (χ4v) is 3.99. The van der Waals surface area contributed by atoms with E-state index in [9.17, 15) is 21.6 Å². The van der Waals surface area contributed by atoms with E-state index in [-0.39, 0.29) is 22.4 Å². The van der Waals surface area contributed by atoms with Crippen LogP contribution in [0.4, 0.5) is 19.1 Å². The van der Waals surface area contributed by atoms with Crippen molar-refractivity contribution in [1.82, 2.24) is 19.9 Å². The largest absolute Gasteiger partial charge is 0.421 e. The van der Waals surface area contributed by atoms with Crippen molar-refractivity contribution in [1.29, 1.82) is 0 Å². The number of anilines is 1. The maximum atomic E-state index is 13.7. The van der Waals surface area contributed by atoms with Crippen LogP contribution in [0.25, 0.3) is 16.7 Å². The van der Waals surface area contributed by atoms with E-state index in [0.29, 0.717) is 11.9 Å². The van der Waals surface area contributed by atoms with E-state index in [1.165, 1.54) is 29.0 Å². The molecule has 3 heterocycles. The van der Waals surface area contributed by atoms with Gasteiger partial charge in [-0.3, -0.25) is 0 Å². The number of hydrogen-bond donors (Lipinski definition) is 3. The standard InChI is InChI=1S/C18H19F3N6O2S/c19-18(20,21)14-10-24-17(25-12-2-1-6-23-9-12)26-16(14)27-7-5-11-3-4-13(8-15(11)27)30(22,28)29/h3-5,7-8,10,12,23H,1-2,6,9H2,(H2,22,28,29)(H,24,25,26)/t12-/m0/s1. The molecule has 3 aromatic rings. The van der Waals surface area contributed by atoms with E-state index in [1.807, 2.05) is 0 Å². The Morgan fingerprint density at radius 2 is 2.07 bits per heavy atom. The Hall–Kier alpha value is -2.70. The van der Waals surface area contributed by atoms with Crippen LogP contribution in [0.2, 0.25) is 0 Å². The second-order valence-electron chi connectivity index (χ2n) is 7.07. The van der Waals surface area contributed by atoms with Crippen molar-refractivity contribution >= 4 is 26.9 Å². The minimum absolute atomic E-state index is 0.00118. The number of nitrogens with two attached hydrogens (primary N) is 1. The van der Waals surface area contributed by atoms with Gasteiger partial charge in [-0.1, -0.05) is 6.07 Å². The normalized spacial score (nSPS) is 17.9. The molecule has 8 nitrogen and oxygen atoms in total. The number of alkyl halides is 3. The first-order chi connectivity index (χ1) is 14.1. The van der Waals surface area contributed by atoms with Crippen molar-refractivity contribution in [3.63, 3.8) is 0 Å².